The molecule has 3 nitrogen and oxygen atoms in total. The van der Waals surface area contributed by atoms with E-state index in [1.165, 1.54) is 43.5 Å². The smallest absolute Gasteiger partial charge is 0.230 e. The van der Waals surface area contributed by atoms with Crippen molar-refractivity contribution in [1.82, 2.24) is 0 Å². The number of hydrogen-bond donors (Lipinski definition) is 0. The van der Waals surface area contributed by atoms with Gasteiger partial charge in [-0.3, -0.25) is 0 Å². The molecule has 1 unspecified atom stereocenters. The Morgan fingerprint density at radius 2 is 1.58 bits per heavy atom. The molecule has 0 fully saturated rings. The fourth-order valence-electron chi connectivity index (χ4n) is 1.66. The van der Waals surface area contributed by atoms with Crippen molar-refractivity contribution in [3.05, 3.63) is 60.2 Å². The van der Waals surface area contributed by atoms with E-state index in [-0.39, 0.29) is 10.5 Å². The molecule has 5 heteroatoms. The van der Waals surface area contributed by atoms with Crippen molar-refractivity contribution < 1.29 is 17.5 Å². The molecule has 0 N–H and O–H groups in total. The summed E-state index contributed by atoms with van der Waals surface area (Å²) < 4.78 is 43.3. The highest BCUT2D eigenvalue weighted by Crippen LogP contribution is 2.30. The fourth-order valence-corrected chi connectivity index (χ4v) is 2.95. The van der Waals surface area contributed by atoms with E-state index in [2.05, 4.69) is 0 Å². The van der Waals surface area contributed by atoms with Crippen molar-refractivity contribution in [2.45, 2.75) is 10.4 Å². The predicted octanol–water partition coefficient (Wildman–Crippen LogP) is 3.14. The van der Waals surface area contributed by atoms with Gasteiger partial charge in [0.1, 0.15) is 5.75 Å². The monoisotopic (exact) mass is 280 g/mol. The third-order valence-electron chi connectivity index (χ3n) is 2.72. The molecule has 0 radical (unpaired) electrons. The fraction of sp³-hybridized carbons (Fsp3) is 0.143. The van der Waals surface area contributed by atoms with Crippen molar-refractivity contribution in [3.8, 4) is 5.75 Å². The van der Waals surface area contributed by atoms with Gasteiger partial charge >= 0.3 is 0 Å². The molecule has 0 bridgehead atoms. The van der Waals surface area contributed by atoms with Crippen LogP contribution in [0.25, 0.3) is 0 Å². The molecule has 19 heavy (non-hydrogen) atoms. The van der Waals surface area contributed by atoms with Gasteiger partial charge in [-0.15, -0.1) is 0 Å². The lowest BCUT2D eigenvalue weighted by Crippen LogP contribution is -2.09. The van der Waals surface area contributed by atoms with Crippen LogP contribution >= 0.6 is 0 Å². The van der Waals surface area contributed by atoms with Crippen LogP contribution in [-0.4, -0.2) is 15.5 Å². The van der Waals surface area contributed by atoms with Gasteiger partial charge in [0.25, 0.3) is 0 Å². The standard InChI is InChI=1S/C14H13FO3S/c1-18-12-9-7-11(8-10-12)14(15)19(16,17)13-5-3-2-4-6-13/h2-10,14H,1H3. The Balaban J connectivity index is 2.35. The molecule has 2 aromatic rings. The van der Waals surface area contributed by atoms with E-state index in [4.69, 9.17) is 4.74 Å². The summed E-state index contributed by atoms with van der Waals surface area (Å²) >= 11 is 0. The quantitative estimate of drug-likeness (QED) is 0.864. The lowest BCUT2D eigenvalue weighted by molar-refractivity contribution is 0.412. The Morgan fingerprint density at radius 3 is 2.11 bits per heavy atom. The average Bonchev–Trinajstić information content (AvgIpc) is 2.47. The number of ether oxygens (including phenoxy) is 1. The van der Waals surface area contributed by atoms with Crippen LogP contribution < -0.4 is 4.74 Å². The number of alkyl halides is 1. The summed E-state index contributed by atoms with van der Waals surface area (Å²) in [6.45, 7) is 0. The minimum absolute atomic E-state index is 0.0293. The Morgan fingerprint density at radius 1 is 1.00 bits per heavy atom. The Labute approximate surface area is 111 Å². The Kier molecular flexibility index (Phi) is 3.85. The number of halogens is 1. The maximum atomic E-state index is 14.2. The highest BCUT2D eigenvalue weighted by molar-refractivity contribution is 7.91. The SMILES string of the molecule is COc1ccc(C(F)S(=O)(=O)c2ccccc2)cc1. The van der Waals surface area contributed by atoms with Crippen LogP contribution in [0, 0.1) is 0 Å². The minimum atomic E-state index is -4.02. The molecule has 0 saturated heterocycles. The Bertz CT molecular complexity index is 636. The zero-order valence-corrected chi connectivity index (χ0v) is 11.1. The van der Waals surface area contributed by atoms with Gasteiger partial charge in [-0.1, -0.05) is 30.3 Å². The highest BCUT2D eigenvalue weighted by Gasteiger charge is 2.28. The topological polar surface area (TPSA) is 43.4 Å². The predicted molar refractivity (Wildman–Crippen MR) is 70.5 cm³/mol. The maximum absolute atomic E-state index is 14.2. The van der Waals surface area contributed by atoms with E-state index in [9.17, 15) is 12.8 Å². The number of hydrogen-bond acceptors (Lipinski definition) is 3. The molecule has 0 heterocycles. The first-order valence-electron chi connectivity index (χ1n) is 5.62. The van der Waals surface area contributed by atoms with Gasteiger partial charge in [0.2, 0.25) is 15.3 Å². The highest BCUT2D eigenvalue weighted by atomic mass is 32.2. The molecule has 0 amide bonds. The molecular formula is C14H13FO3S. The first-order valence-corrected chi connectivity index (χ1v) is 7.17. The van der Waals surface area contributed by atoms with Crippen molar-refractivity contribution in [2.75, 3.05) is 7.11 Å². The van der Waals surface area contributed by atoms with Gasteiger partial charge in [0, 0.05) is 5.56 Å². The van der Waals surface area contributed by atoms with Crippen molar-refractivity contribution in [3.63, 3.8) is 0 Å². The molecule has 2 aromatic carbocycles. The summed E-state index contributed by atoms with van der Waals surface area (Å²) in [7, 11) is -2.53. The van der Waals surface area contributed by atoms with E-state index in [0.717, 1.165) is 0 Å². The second-order valence-corrected chi connectivity index (χ2v) is 5.92. The largest absolute Gasteiger partial charge is 0.497 e. The molecular weight excluding hydrogens is 267 g/mol. The van der Waals surface area contributed by atoms with Crippen LogP contribution in [0.3, 0.4) is 0 Å². The lowest BCUT2D eigenvalue weighted by Gasteiger charge is -2.10. The molecule has 0 aliphatic carbocycles. The van der Waals surface area contributed by atoms with Crippen LogP contribution in [-0.2, 0) is 9.84 Å². The third kappa shape index (κ3) is 2.76. The average molecular weight is 280 g/mol. The molecule has 0 aliphatic heterocycles. The van der Waals surface area contributed by atoms with Crippen molar-refractivity contribution in [1.29, 1.82) is 0 Å². The zero-order valence-electron chi connectivity index (χ0n) is 10.3. The van der Waals surface area contributed by atoms with Gasteiger partial charge in [-0.25, -0.2) is 12.8 Å². The van der Waals surface area contributed by atoms with Crippen molar-refractivity contribution in [2.24, 2.45) is 0 Å². The van der Waals surface area contributed by atoms with Crippen molar-refractivity contribution >= 4 is 9.84 Å². The Hall–Kier alpha value is -1.88. The third-order valence-corrected chi connectivity index (χ3v) is 4.47. The number of benzene rings is 2. The number of methoxy groups -OCH3 is 1. The van der Waals surface area contributed by atoms with Crippen LogP contribution in [0.2, 0.25) is 0 Å². The van der Waals surface area contributed by atoms with Crippen LogP contribution in [0.4, 0.5) is 4.39 Å². The van der Waals surface area contributed by atoms with E-state index in [1.54, 1.807) is 18.2 Å². The molecule has 1 atom stereocenters. The molecule has 0 aliphatic rings. The van der Waals surface area contributed by atoms with Gasteiger partial charge < -0.3 is 4.74 Å². The van der Waals surface area contributed by atoms with Gasteiger partial charge in [0.15, 0.2) is 0 Å². The van der Waals surface area contributed by atoms with Gasteiger partial charge in [-0.2, -0.15) is 0 Å². The summed E-state index contributed by atoms with van der Waals surface area (Å²) in [4.78, 5) is -0.0293. The first kappa shape index (κ1) is 13.5. The molecule has 100 valence electrons. The summed E-state index contributed by atoms with van der Waals surface area (Å²) in [6.07, 6.45) is 0. The molecule has 0 saturated carbocycles. The van der Waals surface area contributed by atoms with Crippen LogP contribution in [0.1, 0.15) is 11.1 Å². The summed E-state index contributed by atoms with van der Waals surface area (Å²) in [5.41, 5.74) is -1.99. The van der Waals surface area contributed by atoms with Crippen LogP contribution in [0.15, 0.2) is 59.5 Å². The number of sulfone groups is 1. The zero-order chi connectivity index (χ0) is 13.9. The van der Waals surface area contributed by atoms with Crippen LogP contribution in [0.5, 0.6) is 5.75 Å². The molecule has 2 rings (SSSR count). The van der Waals surface area contributed by atoms with E-state index >= 15 is 0 Å². The summed E-state index contributed by atoms with van der Waals surface area (Å²) in [6, 6.07) is 13.4. The minimum Gasteiger partial charge on any atom is -0.497 e. The first-order chi connectivity index (χ1) is 9.05. The van der Waals surface area contributed by atoms with Gasteiger partial charge in [0.05, 0.1) is 12.0 Å². The second kappa shape index (κ2) is 5.40. The lowest BCUT2D eigenvalue weighted by atomic mass is 10.2. The van der Waals surface area contributed by atoms with E-state index in [0.29, 0.717) is 5.75 Å². The second-order valence-electron chi connectivity index (χ2n) is 3.95. The summed E-state index contributed by atoms with van der Waals surface area (Å²) in [5.74, 6) is 0.549. The normalized spacial score (nSPS) is 12.9. The van der Waals surface area contributed by atoms with Gasteiger partial charge in [-0.05, 0) is 24.3 Å². The summed E-state index contributed by atoms with van der Waals surface area (Å²) in [5, 5.41) is 0. The molecule has 0 spiro atoms. The van der Waals surface area contributed by atoms with E-state index < -0.39 is 15.3 Å². The maximum Gasteiger partial charge on any atom is 0.230 e. The number of rotatable bonds is 4. The van der Waals surface area contributed by atoms with E-state index in [1.807, 2.05) is 0 Å². The molecule has 0 aromatic heterocycles.